The molecule has 0 aliphatic heterocycles. The third-order valence-electron chi connectivity index (χ3n) is 7.21. The van der Waals surface area contributed by atoms with Gasteiger partial charge in [-0.1, -0.05) is 39.3 Å². The molecule has 0 saturated heterocycles. The number of fused-ring (bicyclic) bond motifs is 3. The number of carbonyl (C=O) groups is 1. The van der Waals surface area contributed by atoms with E-state index in [1.165, 1.54) is 38.5 Å². The fourth-order valence-electron chi connectivity index (χ4n) is 5.96. The van der Waals surface area contributed by atoms with Crippen molar-refractivity contribution < 1.29 is 4.79 Å². The molecule has 0 spiro atoms. The van der Waals surface area contributed by atoms with E-state index in [4.69, 9.17) is 0 Å². The second-order valence-electron chi connectivity index (χ2n) is 8.30. The summed E-state index contributed by atoms with van der Waals surface area (Å²) in [6, 6.07) is 0. The van der Waals surface area contributed by atoms with Gasteiger partial charge in [0.2, 0.25) is 0 Å². The highest BCUT2D eigenvalue weighted by molar-refractivity contribution is 5.85. The van der Waals surface area contributed by atoms with Crippen LogP contribution in [0.2, 0.25) is 0 Å². The van der Waals surface area contributed by atoms with E-state index in [0.717, 1.165) is 12.8 Å². The summed E-state index contributed by atoms with van der Waals surface area (Å²) in [7, 11) is 0. The molecule has 0 aromatic heterocycles. The zero-order chi connectivity index (χ0) is 14.6. The quantitative estimate of drug-likeness (QED) is 0.593. The lowest BCUT2D eigenvalue weighted by Crippen LogP contribution is -2.54. The number of rotatable bonds is 1. The Morgan fingerprint density at radius 2 is 1.95 bits per heavy atom. The molecule has 2 fully saturated rings. The molecular formula is C19H30O. The van der Waals surface area contributed by atoms with Gasteiger partial charge >= 0.3 is 0 Å². The molecule has 112 valence electrons. The molecule has 0 N–H and O–H groups in total. The van der Waals surface area contributed by atoms with Crippen molar-refractivity contribution in [2.75, 3.05) is 0 Å². The lowest BCUT2D eigenvalue weighted by atomic mass is 9.43. The van der Waals surface area contributed by atoms with E-state index in [2.05, 4.69) is 33.8 Å². The smallest absolute Gasteiger partial charge is 0.138 e. The van der Waals surface area contributed by atoms with Gasteiger partial charge in [-0.2, -0.15) is 0 Å². The summed E-state index contributed by atoms with van der Waals surface area (Å²) in [4.78, 5) is 12.4. The standard InChI is InChI=1S/C19H30O/c1-5-19-11-7-6-8-15(19)18(4)12-10-16(20)17(2,3)14(18)9-13-19/h8,14H,5-7,9-13H2,1-4H3/t14?,18-,19?/m0/s1. The number of Topliss-reactive ketones (excluding diaryl/α,β-unsaturated/α-hetero) is 1. The van der Waals surface area contributed by atoms with Crippen molar-refractivity contribution in [3.05, 3.63) is 11.6 Å². The molecule has 3 atom stereocenters. The van der Waals surface area contributed by atoms with Crippen molar-refractivity contribution >= 4 is 5.78 Å². The fourth-order valence-corrected chi connectivity index (χ4v) is 5.96. The van der Waals surface area contributed by atoms with Crippen LogP contribution in [0.15, 0.2) is 11.6 Å². The van der Waals surface area contributed by atoms with Crippen molar-refractivity contribution in [2.24, 2.45) is 22.2 Å². The van der Waals surface area contributed by atoms with Gasteiger partial charge in [-0.3, -0.25) is 4.79 Å². The highest BCUT2D eigenvalue weighted by atomic mass is 16.1. The number of carbonyl (C=O) groups excluding carboxylic acids is 1. The molecule has 0 radical (unpaired) electrons. The first-order valence-electron chi connectivity index (χ1n) is 8.61. The van der Waals surface area contributed by atoms with E-state index in [0.29, 0.717) is 17.1 Å². The third kappa shape index (κ3) is 1.71. The Morgan fingerprint density at radius 1 is 1.20 bits per heavy atom. The summed E-state index contributed by atoms with van der Waals surface area (Å²) in [5.74, 6) is 1.06. The maximum atomic E-state index is 12.4. The van der Waals surface area contributed by atoms with Crippen molar-refractivity contribution in [3.8, 4) is 0 Å². The lowest BCUT2D eigenvalue weighted by Gasteiger charge is -2.60. The highest BCUT2D eigenvalue weighted by Gasteiger charge is 2.58. The summed E-state index contributed by atoms with van der Waals surface area (Å²) in [5.41, 5.74) is 2.38. The molecule has 1 nitrogen and oxygen atoms in total. The first-order valence-corrected chi connectivity index (χ1v) is 8.61. The zero-order valence-electron chi connectivity index (χ0n) is 13.7. The van der Waals surface area contributed by atoms with Gasteiger partial charge in [0.15, 0.2) is 0 Å². The Balaban J connectivity index is 2.07. The molecule has 3 rings (SSSR count). The normalized spacial score (nSPS) is 43.5. The number of allylic oxidation sites excluding steroid dienone is 2. The van der Waals surface area contributed by atoms with Crippen molar-refractivity contribution in [1.29, 1.82) is 0 Å². The van der Waals surface area contributed by atoms with Gasteiger partial charge in [0.05, 0.1) is 0 Å². The molecule has 3 aliphatic rings. The predicted molar refractivity (Wildman–Crippen MR) is 83.5 cm³/mol. The summed E-state index contributed by atoms with van der Waals surface area (Å²) in [6.07, 6.45) is 12.3. The topological polar surface area (TPSA) is 17.1 Å². The Hall–Kier alpha value is -0.590. The van der Waals surface area contributed by atoms with Crippen molar-refractivity contribution in [3.63, 3.8) is 0 Å². The molecular weight excluding hydrogens is 244 g/mol. The Labute approximate surface area is 124 Å². The van der Waals surface area contributed by atoms with E-state index in [1.807, 2.05) is 0 Å². The minimum absolute atomic E-state index is 0.120. The van der Waals surface area contributed by atoms with E-state index in [-0.39, 0.29) is 10.8 Å². The van der Waals surface area contributed by atoms with Crippen molar-refractivity contribution in [1.82, 2.24) is 0 Å². The molecule has 0 amide bonds. The summed E-state index contributed by atoms with van der Waals surface area (Å²) in [5, 5.41) is 0. The van der Waals surface area contributed by atoms with E-state index in [1.54, 1.807) is 5.57 Å². The van der Waals surface area contributed by atoms with Gasteiger partial charge in [0.25, 0.3) is 0 Å². The Kier molecular flexibility index (Phi) is 3.19. The number of ketones is 1. The van der Waals surface area contributed by atoms with Crippen LogP contribution in [0.3, 0.4) is 0 Å². The SMILES string of the molecule is CCC12CCCC=C1[C@@]1(C)CCC(=O)C(C)(C)C1CC2. The van der Waals surface area contributed by atoms with Crippen LogP contribution in [-0.2, 0) is 4.79 Å². The van der Waals surface area contributed by atoms with Crippen molar-refractivity contribution in [2.45, 2.75) is 79.1 Å². The number of hydrogen-bond acceptors (Lipinski definition) is 1. The van der Waals surface area contributed by atoms with Crippen LogP contribution in [0, 0.1) is 22.2 Å². The monoisotopic (exact) mass is 274 g/mol. The van der Waals surface area contributed by atoms with Crippen LogP contribution in [0.25, 0.3) is 0 Å². The second-order valence-corrected chi connectivity index (χ2v) is 8.30. The van der Waals surface area contributed by atoms with Gasteiger partial charge in [0.1, 0.15) is 5.78 Å². The van der Waals surface area contributed by atoms with E-state index < -0.39 is 0 Å². The van der Waals surface area contributed by atoms with Gasteiger partial charge in [-0.25, -0.2) is 0 Å². The largest absolute Gasteiger partial charge is 0.299 e. The molecule has 0 aromatic carbocycles. The minimum atomic E-state index is -0.120. The van der Waals surface area contributed by atoms with Crippen LogP contribution in [0.5, 0.6) is 0 Å². The molecule has 20 heavy (non-hydrogen) atoms. The van der Waals surface area contributed by atoms with E-state index in [9.17, 15) is 4.79 Å². The van der Waals surface area contributed by atoms with Gasteiger partial charge in [0, 0.05) is 11.8 Å². The minimum Gasteiger partial charge on any atom is -0.299 e. The lowest BCUT2D eigenvalue weighted by molar-refractivity contribution is -0.141. The van der Waals surface area contributed by atoms with Crippen LogP contribution < -0.4 is 0 Å². The van der Waals surface area contributed by atoms with Gasteiger partial charge < -0.3 is 0 Å². The Morgan fingerprint density at radius 3 is 2.65 bits per heavy atom. The molecule has 0 heterocycles. The first-order chi connectivity index (χ1) is 9.37. The summed E-state index contributed by atoms with van der Waals surface area (Å²) < 4.78 is 0. The highest BCUT2D eigenvalue weighted by Crippen LogP contribution is 2.66. The maximum absolute atomic E-state index is 12.4. The summed E-state index contributed by atoms with van der Waals surface area (Å²) >= 11 is 0. The van der Waals surface area contributed by atoms with Crippen LogP contribution >= 0.6 is 0 Å². The summed E-state index contributed by atoms with van der Waals surface area (Å²) in [6.45, 7) is 9.27. The predicted octanol–water partition coefficient (Wildman–Crippen LogP) is 5.30. The zero-order valence-corrected chi connectivity index (χ0v) is 13.7. The third-order valence-corrected chi connectivity index (χ3v) is 7.21. The van der Waals surface area contributed by atoms with Crippen LogP contribution in [0.4, 0.5) is 0 Å². The van der Waals surface area contributed by atoms with Gasteiger partial charge in [-0.15, -0.1) is 0 Å². The van der Waals surface area contributed by atoms with E-state index >= 15 is 0 Å². The average Bonchev–Trinajstić information content (AvgIpc) is 2.43. The molecule has 0 bridgehead atoms. The van der Waals surface area contributed by atoms with Gasteiger partial charge in [-0.05, 0) is 61.7 Å². The maximum Gasteiger partial charge on any atom is 0.138 e. The molecule has 3 aliphatic carbocycles. The molecule has 2 saturated carbocycles. The Bertz CT molecular complexity index is 458. The molecule has 0 aromatic rings. The molecule has 2 unspecified atom stereocenters. The number of hydrogen-bond donors (Lipinski definition) is 0. The van der Waals surface area contributed by atoms with Crippen LogP contribution in [-0.4, -0.2) is 5.78 Å². The van der Waals surface area contributed by atoms with Crippen LogP contribution in [0.1, 0.15) is 79.1 Å². The molecule has 1 heteroatoms. The fraction of sp³-hybridized carbons (Fsp3) is 0.842. The first kappa shape index (κ1) is 14.4. The second kappa shape index (κ2) is 4.45. The average molecular weight is 274 g/mol.